The summed E-state index contributed by atoms with van der Waals surface area (Å²) < 4.78 is 4.78. The summed E-state index contributed by atoms with van der Waals surface area (Å²) in [6.07, 6.45) is 0.764. The molecule has 198 valence electrons. The number of thioether (sulfide) groups is 1. The lowest BCUT2D eigenvalue weighted by atomic mass is 9.65. The number of carbonyl (C=O) groups is 3. The van der Waals surface area contributed by atoms with Crippen LogP contribution in [0.3, 0.4) is 0 Å². The highest BCUT2D eigenvalue weighted by Crippen LogP contribution is 2.69. The molecule has 0 aromatic heterocycles. The first-order valence-corrected chi connectivity index (χ1v) is 13.9. The van der Waals surface area contributed by atoms with Gasteiger partial charge in [-0.05, 0) is 63.3 Å². The van der Waals surface area contributed by atoms with Crippen LogP contribution < -0.4 is 15.4 Å². The van der Waals surface area contributed by atoms with Crippen LogP contribution in [0.1, 0.15) is 48.0 Å². The van der Waals surface area contributed by atoms with Crippen LogP contribution >= 0.6 is 11.8 Å². The van der Waals surface area contributed by atoms with E-state index in [0.29, 0.717) is 12.3 Å². The molecule has 7 atom stereocenters. The third kappa shape index (κ3) is 4.28. The number of carbonyl (C=O) groups excluding carboxylic acids is 3. The van der Waals surface area contributed by atoms with Gasteiger partial charge in [0.25, 0.3) is 0 Å². The standard InChI is InChI=1S/C27H39N3O5S/c1-7-35-18-10-8-17(9-11-18)29-24(32)21-20-12-16(6)27(36-20)22(21)26(34)30(19(13-31)14(2)3)23(27)25(33)28-15(4)5/h8-11,14-16,19-23,31H,7,12-13H2,1-6H3,(H,28,33)(H,29,32)/t16?,19-,20+,21-,22-,23?,27?/m0/s1. The summed E-state index contributed by atoms with van der Waals surface area (Å²) in [4.78, 5) is 43.1. The molecule has 3 amide bonds. The summed E-state index contributed by atoms with van der Waals surface area (Å²) in [6.45, 7) is 12.0. The van der Waals surface area contributed by atoms with Gasteiger partial charge in [0.2, 0.25) is 17.7 Å². The highest BCUT2D eigenvalue weighted by molar-refractivity contribution is 8.02. The summed E-state index contributed by atoms with van der Waals surface area (Å²) in [5.41, 5.74) is 0.644. The second-order valence-electron chi connectivity index (χ2n) is 10.9. The maximum Gasteiger partial charge on any atom is 0.244 e. The predicted octanol–water partition coefficient (Wildman–Crippen LogP) is 2.90. The summed E-state index contributed by atoms with van der Waals surface area (Å²) in [6, 6.07) is 5.89. The van der Waals surface area contributed by atoms with E-state index in [4.69, 9.17) is 4.74 Å². The number of rotatable bonds is 9. The average molecular weight is 518 g/mol. The van der Waals surface area contributed by atoms with Gasteiger partial charge in [-0.25, -0.2) is 0 Å². The number of hydrogen-bond donors (Lipinski definition) is 3. The van der Waals surface area contributed by atoms with Crippen molar-refractivity contribution in [1.82, 2.24) is 10.2 Å². The topological polar surface area (TPSA) is 108 Å². The van der Waals surface area contributed by atoms with Gasteiger partial charge in [0.1, 0.15) is 11.8 Å². The molecule has 36 heavy (non-hydrogen) atoms. The van der Waals surface area contributed by atoms with Crippen molar-refractivity contribution < 1.29 is 24.2 Å². The van der Waals surface area contributed by atoms with E-state index < -0.39 is 28.7 Å². The van der Waals surface area contributed by atoms with Crippen LogP contribution in [0.4, 0.5) is 5.69 Å². The van der Waals surface area contributed by atoms with Crippen molar-refractivity contribution in [2.24, 2.45) is 23.7 Å². The largest absolute Gasteiger partial charge is 0.494 e. The van der Waals surface area contributed by atoms with Crippen LogP contribution in [0.2, 0.25) is 0 Å². The van der Waals surface area contributed by atoms with Crippen LogP contribution in [0.15, 0.2) is 24.3 Å². The molecule has 9 heteroatoms. The van der Waals surface area contributed by atoms with E-state index >= 15 is 0 Å². The fraction of sp³-hybridized carbons (Fsp3) is 0.667. The molecule has 3 unspecified atom stereocenters. The number of amides is 3. The molecule has 8 nitrogen and oxygen atoms in total. The Kier molecular flexibility index (Phi) is 7.62. The lowest BCUT2D eigenvalue weighted by molar-refractivity contribution is -0.143. The molecule has 1 aromatic carbocycles. The molecule has 2 bridgehead atoms. The van der Waals surface area contributed by atoms with Crippen molar-refractivity contribution in [2.75, 3.05) is 18.5 Å². The quantitative estimate of drug-likeness (QED) is 0.465. The van der Waals surface area contributed by atoms with E-state index in [-0.39, 0.29) is 47.5 Å². The lowest BCUT2D eigenvalue weighted by Gasteiger charge is -2.41. The number of ether oxygens (including phenoxy) is 1. The molecule has 3 heterocycles. The number of fused-ring (bicyclic) bond motifs is 1. The fourth-order valence-electron chi connectivity index (χ4n) is 6.43. The number of aliphatic hydroxyl groups excluding tert-OH is 1. The van der Waals surface area contributed by atoms with E-state index in [1.807, 2.05) is 34.6 Å². The number of hydrogen-bond acceptors (Lipinski definition) is 6. The van der Waals surface area contributed by atoms with Crippen molar-refractivity contribution in [3.8, 4) is 5.75 Å². The maximum atomic E-state index is 14.1. The second kappa shape index (κ2) is 10.2. The van der Waals surface area contributed by atoms with Crippen molar-refractivity contribution in [3.63, 3.8) is 0 Å². The Balaban J connectivity index is 1.70. The Morgan fingerprint density at radius 3 is 2.42 bits per heavy atom. The monoisotopic (exact) mass is 517 g/mol. The van der Waals surface area contributed by atoms with Crippen molar-refractivity contribution in [1.29, 1.82) is 0 Å². The predicted molar refractivity (Wildman–Crippen MR) is 141 cm³/mol. The number of benzene rings is 1. The maximum absolute atomic E-state index is 14.1. The Hall–Kier alpha value is -2.26. The van der Waals surface area contributed by atoms with Crippen LogP contribution in [-0.4, -0.2) is 69.1 Å². The second-order valence-corrected chi connectivity index (χ2v) is 12.5. The number of nitrogens with one attached hydrogen (secondary N) is 2. The van der Waals surface area contributed by atoms with Gasteiger partial charge in [-0.2, -0.15) is 0 Å². The van der Waals surface area contributed by atoms with Gasteiger partial charge in [0.15, 0.2) is 0 Å². The summed E-state index contributed by atoms with van der Waals surface area (Å²) >= 11 is 1.64. The van der Waals surface area contributed by atoms with Crippen LogP contribution in [0, 0.1) is 23.7 Å². The van der Waals surface area contributed by atoms with Gasteiger partial charge < -0.3 is 25.4 Å². The van der Waals surface area contributed by atoms with Crippen molar-refractivity contribution in [2.45, 2.75) is 76.1 Å². The first-order valence-electron chi connectivity index (χ1n) is 13.0. The van der Waals surface area contributed by atoms with Gasteiger partial charge >= 0.3 is 0 Å². The molecular weight excluding hydrogens is 478 g/mol. The molecule has 3 aliphatic rings. The Morgan fingerprint density at radius 2 is 1.86 bits per heavy atom. The van der Waals surface area contributed by atoms with Gasteiger partial charge in [0, 0.05) is 17.0 Å². The van der Waals surface area contributed by atoms with Crippen LogP contribution in [0.5, 0.6) is 5.75 Å². The minimum atomic E-state index is -0.731. The van der Waals surface area contributed by atoms with E-state index in [2.05, 4.69) is 17.6 Å². The summed E-state index contributed by atoms with van der Waals surface area (Å²) in [5.74, 6) is -0.993. The molecule has 3 saturated heterocycles. The summed E-state index contributed by atoms with van der Waals surface area (Å²) in [7, 11) is 0. The van der Waals surface area contributed by atoms with Crippen LogP contribution in [-0.2, 0) is 14.4 Å². The third-order valence-electron chi connectivity index (χ3n) is 7.91. The minimum absolute atomic E-state index is 0.0419. The van der Waals surface area contributed by atoms with Gasteiger partial charge in [-0.15, -0.1) is 11.8 Å². The molecule has 0 aliphatic carbocycles. The lowest BCUT2D eigenvalue weighted by Crippen LogP contribution is -2.60. The zero-order valence-electron chi connectivity index (χ0n) is 22.0. The Morgan fingerprint density at radius 1 is 1.19 bits per heavy atom. The number of aliphatic hydroxyl groups is 1. The number of nitrogens with zero attached hydrogens (tertiary/aromatic N) is 1. The number of anilines is 1. The first kappa shape index (κ1) is 26.8. The molecule has 1 spiro atoms. The fourth-order valence-corrected chi connectivity index (χ4v) is 8.84. The zero-order chi connectivity index (χ0) is 26.4. The smallest absolute Gasteiger partial charge is 0.244 e. The first-order chi connectivity index (χ1) is 17.1. The van der Waals surface area contributed by atoms with Crippen molar-refractivity contribution >= 4 is 35.2 Å². The molecule has 1 aromatic rings. The molecule has 3 fully saturated rings. The van der Waals surface area contributed by atoms with E-state index in [9.17, 15) is 19.5 Å². The summed E-state index contributed by atoms with van der Waals surface area (Å²) in [5, 5.41) is 16.3. The Labute approximate surface area is 217 Å². The highest BCUT2D eigenvalue weighted by atomic mass is 32.2. The SMILES string of the molecule is CCOc1ccc(NC(=O)[C@@H]2[C@H]3C(=O)N([C@@H](CO)C(C)C)C(C(=O)NC(C)C)C34S[C@@H]2CC4C)cc1. The molecule has 0 saturated carbocycles. The van der Waals surface area contributed by atoms with Gasteiger partial charge in [-0.3, -0.25) is 14.4 Å². The third-order valence-corrected chi connectivity index (χ3v) is 9.99. The average Bonchev–Trinajstić information content (AvgIpc) is 3.39. The van der Waals surface area contributed by atoms with E-state index in [1.165, 1.54) is 0 Å². The van der Waals surface area contributed by atoms with Crippen LogP contribution in [0.25, 0.3) is 0 Å². The van der Waals surface area contributed by atoms with Gasteiger partial charge in [0.05, 0.1) is 35.8 Å². The van der Waals surface area contributed by atoms with E-state index in [1.54, 1.807) is 40.9 Å². The highest BCUT2D eigenvalue weighted by Gasteiger charge is 2.76. The molecule has 3 aliphatic heterocycles. The van der Waals surface area contributed by atoms with Crippen molar-refractivity contribution in [3.05, 3.63) is 24.3 Å². The zero-order valence-corrected chi connectivity index (χ0v) is 22.8. The van der Waals surface area contributed by atoms with E-state index in [0.717, 1.165) is 12.2 Å². The molecular formula is C27H39N3O5S. The molecule has 4 rings (SSSR count). The molecule has 3 N–H and O–H groups in total. The normalized spacial score (nSPS) is 31.6. The number of likely N-dealkylation sites (tertiary alicyclic amines) is 1. The molecule has 0 radical (unpaired) electrons. The van der Waals surface area contributed by atoms with Gasteiger partial charge in [-0.1, -0.05) is 20.8 Å². The minimum Gasteiger partial charge on any atom is -0.494 e. The Bertz CT molecular complexity index is 1000.